The van der Waals surface area contributed by atoms with Crippen molar-refractivity contribution in [3.63, 3.8) is 0 Å². The van der Waals surface area contributed by atoms with Crippen LogP contribution in [-0.4, -0.2) is 22.6 Å². The number of benzene rings is 2. The standard InChI is InChI=1S/C18H17N3O/c1-21-13-15(12-19-21)18(14-8-4-3-5-9-14)20-16-10-6-7-11-17(16)22-2/h3-13H,1-2H3. The van der Waals surface area contributed by atoms with Gasteiger partial charge in [0.05, 0.1) is 19.0 Å². The van der Waals surface area contributed by atoms with Crippen molar-refractivity contribution in [1.82, 2.24) is 9.78 Å². The SMILES string of the molecule is COc1ccccc1N=C(c1ccccc1)c1cnn(C)c1. The molecule has 110 valence electrons. The maximum absolute atomic E-state index is 5.40. The fourth-order valence-corrected chi connectivity index (χ4v) is 2.28. The largest absolute Gasteiger partial charge is 0.494 e. The Morgan fingerprint density at radius 1 is 1.00 bits per heavy atom. The highest BCUT2D eigenvalue weighted by molar-refractivity contribution is 6.13. The third-order valence-electron chi connectivity index (χ3n) is 3.34. The number of hydrogen-bond donors (Lipinski definition) is 0. The van der Waals surface area contributed by atoms with Gasteiger partial charge in [0.15, 0.2) is 0 Å². The van der Waals surface area contributed by atoms with E-state index in [1.807, 2.05) is 74.0 Å². The molecule has 0 unspecified atom stereocenters. The number of aliphatic imine (C=N–C) groups is 1. The van der Waals surface area contributed by atoms with Gasteiger partial charge in [-0.15, -0.1) is 0 Å². The summed E-state index contributed by atoms with van der Waals surface area (Å²) in [4.78, 5) is 4.82. The summed E-state index contributed by atoms with van der Waals surface area (Å²) in [6.45, 7) is 0. The molecule has 0 N–H and O–H groups in total. The molecule has 0 atom stereocenters. The molecule has 0 spiro atoms. The summed E-state index contributed by atoms with van der Waals surface area (Å²) in [6, 6.07) is 17.8. The minimum absolute atomic E-state index is 0.750. The zero-order valence-electron chi connectivity index (χ0n) is 12.6. The van der Waals surface area contributed by atoms with Gasteiger partial charge in [-0.3, -0.25) is 4.68 Å². The van der Waals surface area contributed by atoms with Crippen LogP contribution in [0.5, 0.6) is 5.75 Å². The number of para-hydroxylation sites is 2. The van der Waals surface area contributed by atoms with E-state index >= 15 is 0 Å². The van der Waals surface area contributed by atoms with Crippen molar-refractivity contribution in [2.24, 2.45) is 12.0 Å². The smallest absolute Gasteiger partial charge is 0.144 e. The summed E-state index contributed by atoms with van der Waals surface area (Å²) < 4.78 is 7.17. The van der Waals surface area contributed by atoms with E-state index in [0.29, 0.717) is 0 Å². The highest BCUT2D eigenvalue weighted by Crippen LogP contribution is 2.28. The molecule has 2 aromatic carbocycles. The van der Waals surface area contributed by atoms with E-state index in [4.69, 9.17) is 9.73 Å². The van der Waals surface area contributed by atoms with Gasteiger partial charge in [-0.1, -0.05) is 42.5 Å². The van der Waals surface area contributed by atoms with Crippen molar-refractivity contribution >= 4 is 11.4 Å². The van der Waals surface area contributed by atoms with Crippen molar-refractivity contribution in [3.8, 4) is 5.75 Å². The number of aryl methyl sites for hydroxylation is 1. The lowest BCUT2D eigenvalue weighted by Crippen LogP contribution is -2.02. The fourth-order valence-electron chi connectivity index (χ4n) is 2.28. The minimum Gasteiger partial charge on any atom is -0.494 e. The first-order chi connectivity index (χ1) is 10.8. The van der Waals surface area contributed by atoms with Gasteiger partial charge in [-0.25, -0.2) is 4.99 Å². The van der Waals surface area contributed by atoms with Crippen molar-refractivity contribution < 1.29 is 4.74 Å². The molecular formula is C18H17N3O. The first kappa shape index (κ1) is 14.1. The van der Waals surface area contributed by atoms with Gasteiger partial charge in [0.25, 0.3) is 0 Å². The molecule has 0 radical (unpaired) electrons. The van der Waals surface area contributed by atoms with Crippen LogP contribution in [0, 0.1) is 0 Å². The van der Waals surface area contributed by atoms with E-state index in [-0.39, 0.29) is 0 Å². The highest BCUT2D eigenvalue weighted by Gasteiger charge is 2.10. The van der Waals surface area contributed by atoms with Crippen LogP contribution >= 0.6 is 0 Å². The topological polar surface area (TPSA) is 39.4 Å². The van der Waals surface area contributed by atoms with Crippen molar-refractivity contribution in [1.29, 1.82) is 0 Å². The van der Waals surface area contributed by atoms with Crippen LogP contribution in [-0.2, 0) is 7.05 Å². The lowest BCUT2D eigenvalue weighted by atomic mass is 10.1. The van der Waals surface area contributed by atoms with Gasteiger partial charge >= 0.3 is 0 Å². The molecule has 0 aliphatic carbocycles. The zero-order chi connectivity index (χ0) is 15.4. The summed E-state index contributed by atoms with van der Waals surface area (Å²) >= 11 is 0. The summed E-state index contributed by atoms with van der Waals surface area (Å²) in [5.41, 5.74) is 3.69. The second-order valence-electron chi connectivity index (χ2n) is 4.90. The lowest BCUT2D eigenvalue weighted by molar-refractivity contribution is 0.416. The summed E-state index contributed by atoms with van der Waals surface area (Å²) in [6.07, 6.45) is 3.78. The molecule has 3 aromatic rings. The molecular weight excluding hydrogens is 274 g/mol. The normalized spacial score (nSPS) is 11.5. The van der Waals surface area contributed by atoms with E-state index in [1.165, 1.54) is 0 Å². The van der Waals surface area contributed by atoms with Gasteiger partial charge in [-0.2, -0.15) is 5.10 Å². The van der Waals surface area contributed by atoms with Crippen molar-refractivity contribution in [2.45, 2.75) is 0 Å². The molecule has 3 rings (SSSR count). The number of rotatable bonds is 4. The molecule has 22 heavy (non-hydrogen) atoms. The Morgan fingerprint density at radius 3 is 2.41 bits per heavy atom. The summed E-state index contributed by atoms with van der Waals surface area (Å²) in [5, 5.41) is 4.25. The maximum Gasteiger partial charge on any atom is 0.144 e. The van der Waals surface area contributed by atoms with Crippen LogP contribution < -0.4 is 4.74 Å². The average Bonchev–Trinajstić information content (AvgIpc) is 3.00. The first-order valence-corrected chi connectivity index (χ1v) is 7.04. The van der Waals surface area contributed by atoms with Gasteiger partial charge in [0, 0.05) is 24.4 Å². The van der Waals surface area contributed by atoms with E-state index in [0.717, 1.165) is 28.3 Å². The van der Waals surface area contributed by atoms with Gasteiger partial charge in [-0.05, 0) is 12.1 Å². The molecule has 0 aliphatic rings. The molecule has 1 heterocycles. The molecule has 4 heteroatoms. The number of hydrogen-bond acceptors (Lipinski definition) is 3. The second kappa shape index (κ2) is 6.26. The Bertz CT molecular complexity index is 791. The van der Waals surface area contributed by atoms with E-state index in [2.05, 4.69) is 5.10 Å². The molecule has 4 nitrogen and oxygen atoms in total. The Labute approximate surface area is 129 Å². The lowest BCUT2D eigenvalue weighted by Gasteiger charge is -2.08. The van der Waals surface area contributed by atoms with Gasteiger partial charge in [0.1, 0.15) is 11.4 Å². The summed E-state index contributed by atoms with van der Waals surface area (Å²) in [5.74, 6) is 0.750. The molecule has 1 aromatic heterocycles. The monoisotopic (exact) mass is 291 g/mol. The third-order valence-corrected chi connectivity index (χ3v) is 3.34. The van der Waals surface area contributed by atoms with Crippen LogP contribution in [0.1, 0.15) is 11.1 Å². The van der Waals surface area contributed by atoms with Crippen LogP contribution in [0.4, 0.5) is 5.69 Å². The highest BCUT2D eigenvalue weighted by atomic mass is 16.5. The Kier molecular flexibility index (Phi) is 4.01. The molecule has 0 saturated heterocycles. The Balaban J connectivity index is 2.15. The quantitative estimate of drug-likeness (QED) is 0.689. The van der Waals surface area contributed by atoms with E-state index in [1.54, 1.807) is 11.8 Å². The molecule has 0 fully saturated rings. The first-order valence-electron chi connectivity index (χ1n) is 7.04. The number of ether oxygens (including phenoxy) is 1. The minimum atomic E-state index is 0.750. The average molecular weight is 291 g/mol. The molecule has 0 saturated carbocycles. The van der Waals surface area contributed by atoms with Crippen molar-refractivity contribution in [3.05, 3.63) is 78.1 Å². The van der Waals surface area contributed by atoms with Gasteiger partial charge < -0.3 is 4.74 Å². The number of methoxy groups -OCH3 is 1. The fraction of sp³-hybridized carbons (Fsp3) is 0.111. The second-order valence-corrected chi connectivity index (χ2v) is 4.90. The van der Waals surface area contributed by atoms with Gasteiger partial charge in [0.2, 0.25) is 0 Å². The van der Waals surface area contributed by atoms with E-state index < -0.39 is 0 Å². The summed E-state index contributed by atoms with van der Waals surface area (Å²) in [7, 11) is 3.55. The number of nitrogens with zero attached hydrogens (tertiary/aromatic N) is 3. The van der Waals surface area contributed by atoms with Crippen LogP contribution in [0.2, 0.25) is 0 Å². The Hall–Kier alpha value is -2.88. The molecule has 0 bridgehead atoms. The van der Waals surface area contributed by atoms with E-state index in [9.17, 15) is 0 Å². The molecule has 0 amide bonds. The van der Waals surface area contributed by atoms with Crippen LogP contribution in [0.3, 0.4) is 0 Å². The predicted octanol–water partition coefficient (Wildman–Crippen LogP) is 3.60. The van der Waals surface area contributed by atoms with Crippen LogP contribution in [0.15, 0.2) is 72.0 Å². The Morgan fingerprint density at radius 2 is 1.73 bits per heavy atom. The van der Waals surface area contributed by atoms with Crippen LogP contribution in [0.25, 0.3) is 0 Å². The number of aromatic nitrogens is 2. The predicted molar refractivity (Wildman–Crippen MR) is 87.9 cm³/mol. The third kappa shape index (κ3) is 2.91. The maximum atomic E-state index is 5.40. The zero-order valence-corrected chi connectivity index (χ0v) is 12.6. The van der Waals surface area contributed by atoms with Crippen molar-refractivity contribution in [2.75, 3.05) is 7.11 Å². The molecule has 0 aliphatic heterocycles.